The number of fused-ring (bicyclic) bond motifs is 3. The van der Waals surface area contributed by atoms with Crippen LogP contribution >= 0.6 is 0 Å². The molecule has 45 heavy (non-hydrogen) atoms. The maximum absolute atomic E-state index is 12.9. The quantitative estimate of drug-likeness (QED) is 0.143. The Bertz CT molecular complexity index is 2050. The van der Waals surface area contributed by atoms with Gasteiger partial charge < -0.3 is 19.3 Å². The summed E-state index contributed by atoms with van der Waals surface area (Å²) in [5.74, 6) is 0.950. The minimum Gasteiger partial charge on any atom is -0.493 e. The molecule has 0 spiro atoms. The summed E-state index contributed by atoms with van der Waals surface area (Å²) >= 11 is 0. The van der Waals surface area contributed by atoms with Gasteiger partial charge >= 0.3 is 5.97 Å². The molecular formula is C38H36N4O3. The number of carboxylic acid groups (broad SMARTS) is 1. The maximum Gasteiger partial charge on any atom is 0.352 e. The molecule has 7 heteroatoms. The fourth-order valence-electron chi connectivity index (χ4n) is 6.85. The molecule has 0 fully saturated rings. The molecule has 0 saturated heterocycles. The number of allylic oxidation sites excluding steroid dienone is 1. The zero-order valence-corrected chi connectivity index (χ0v) is 25.6. The fourth-order valence-corrected chi connectivity index (χ4v) is 6.85. The van der Waals surface area contributed by atoms with Crippen LogP contribution in [-0.4, -0.2) is 38.6 Å². The summed E-state index contributed by atoms with van der Waals surface area (Å²) < 4.78 is 10.2. The van der Waals surface area contributed by atoms with Crippen molar-refractivity contribution < 1.29 is 14.6 Å². The second-order valence-electron chi connectivity index (χ2n) is 11.6. The summed E-state index contributed by atoms with van der Waals surface area (Å²) in [5, 5.41) is 18.6. The molecule has 0 radical (unpaired) electrons. The van der Waals surface area contributed by atoms with Crippen LogP contribution in [0.2, 0.25) is 0 Å². The lowest BCUT2D eigenvalue weighted by molar-refractivity contribution is 0.0685. The fraction of sp³-hybridized carbons (Fsp3) is 0.211. The molecule has 0 amide bonds. The largest absolute Gasteiger partial charge is 0.493 e. The number of para-hydroxylation sites is 1. The van der Waals surface area contributed by atoms with Gasteiger partial charge in [0.1, 0.15) is 17.3 Å². The molecule has 1 N–H and O–H groups in total. The Morgan fingerprint density at radius 1 is 0.889 bits per heavy atom. The molecule has 3 heterocycles. The maximum atomic E-state index is 12.9. The number of aromatic carboxylic acids is 1. The van der Waals surface area contributed by atoms with Crippen LogP contribution in [0.1, 0.15) is 33.7 Å². The molecule has 7 rings (SSSR count). The number of benzene rings is 4. The minimum absolute atomic E-state index is 0.345. The number of ether oxygens (including phenoxy) is 1. The highest BCUT2D eigenvalue weighted by Crippen LogP contribution is 2.41. The third kappa shape index (κ3) is 5.24. The number of carboxylic acids is 1. The second-order valence-corrected chi connectivity index (χ2v) is 11.6. The summed E-state index contributed by atoms with van der Waals surface area (Å²) in [4.78, 5) is 15.3. The lowest BCUT2D eigenvalue weighted by Gasteiger charge is -2.26. The smallest absolute Gasteiger partial charge is 0.352 e. The molecular weight excluding hydrogens is 560 g/mol. The number of aryl methyl sites for hydroxylation is 3. The Morgan fingerprint density at radius 3 is 2.47 bits per heavy atom. The molecule has 1 aliphatic heterocycles. The van der Waals surface area contributed by atoms with Crippen LogP contribution in [0.15, 0.2) is 103 Å². The monoisotopic (exact) mass is 596 g/mol. The van der Waals surface area contributed by atoms with Crippen LogP contribution < -0.4 is 9.64 Å². The van der Waals surface area contributed by atoms with Crippen LogP contribution in [0.3, 0.4) is 0 Å². The van der Waals surface area contributed by atoms with E-state index in [4.69, 9.17) is 9.84 Å². The van der Waals surface area contributed by atoms with E-state index in [2.05, 4.69) is 71.6 Å². The molecule has 0 bridgehead atoms. The van der Waals surface area contributed by atoms with Crippen molar-refractivity contribution in [2.45, 2.75) is 32.9 Å². The predicted octanol–water partition coefficient (Wildman–Crippen LogP) is 7.79. The SMILES string of the molecule is Cc1nn(C)c2c1-c1cccc3c(CCCOc4cccc5ccccc45)c(C(=O)O)n(c13)CC=CCN2Cc1ccccc1. The Balaban J connectivity index is 1.29. The Labute approximate surface area is 262 Å². The summed E-state index contributed by atoms with van der Waals surface area (Å²) in [7, 11) is 1.99. The van der Waals surface area contributed by atoms with Gasteiger partial charge in [-0.1, -0.05) is 97.1 Å². The van der Waals surface area contributed by atoms with Crippen molar-refractivity contribution in [3.63, 3.8) is 0 Å². The molecule has 0 unspecified atom stereocenters. The van der Waals surface area contributed by atoms with Crippen molar-refractivity contribution in [2.75, 3.05) is 18.1 Å². The average molecular weight is 597 g/mol. The molecule has 226 valence electrons. The van der Waals surface area contributed by atoms with E-state index in [1.807, 2.05) is 59.6 Å². The first-order valence-corrected chi connectivity index (χ1v) is 15.5. The summed E-state index contributed by atoms with van der Waals surface area (Å²) in [6.07, 6.45) is 5.49. The highest BCUT2D eigenvalue weighted by atomic mass is 16.5. The second kappa shape index (κ2) is 12.0. The zero-order chi connectivity index (χ0) is 30.9. The minimum atomic E-state index is -0.915. The van der Waals surface area contributed by atoms with E-state index in [-0.39, 0.29) is 0 Å². The van der Waals surface area contributed by atoms with E-state index >= 15 is 0 Å². The van der Waals surface area contributed by atoms with Crippen LogP contribution in [0.25, 0.3) is 32.8 Å². The van der Waals surface area contributed by atoms with E-state index in [0.717, 1.165) is 62.2 Å². The van der Waals surface area contributed by atoms with E-state index in [9.17, 15) is 9.90 Å². The Morgan fingerprint density at radius 2 is 1.62 bits per heavy atom. The van der Waals surface area contributed by atoms with Crippen molar-refractivity contribution in [3.05, 3.63) is 126 Å². The normalized spacial score (nSPS) is 12.9. The first-order chi connectivity index (χ1) is 22.0. The number of aromatic nitrogens is 3. The zero-order valence-electron chi connectivity index (χ0n) is 25.6. The van der Waals surface area contributed by atoms with Gasteiger partial charge in [0.25, 0.3) is 0 Å². The standard InChI is InChI=1S/C38H36N4O3/c1-26-34-32-19-11-18-30-31(20-12-24-45-33-21-10-16-28-15-6-7-17-29(28)33)36(38(43)44)42(35(30)32)23-9-8-22-41(37(34)40(2)39-26)25-27-13-4-3-5-14-27/h3-11,13-19,21H,12,20,22-25H2,1-2H3,(H,43,44). The lowest BCUT2D eigenvalue weighted by atomic mass is 9.99. The van der Waals surface area contributed by atoms with Gasteiger partial charge in [-0.15, -0.1) is 0 Å². The van der Waals surface area contributed by atoms with E-state index in [1.54, 1.807) is 0 Å². The highest BCUT2D eigenvalue weighted by Gasteiger charge is 2.28. The molecule has 0 aliphatic carbocycles. The van der Waals surface area contributed by atoms with Gasteiger partial charge in [-0.2, -0.15) is 5.10 Å². The summed E-state index contributed by atoms with van der Waals surface area (Å²) in [6.45, 7) is 4.40. The number of rotatable bonds is 8. The van der Waals surface area contributed by atoms with Crippen LogP contribution in [-0.2, 0) is 26.6 Å². The average Bonchev–Trinajstić information content (AvgIpc) is 3.53. The van der Waals surface area contributed by atoms with Gasteiger partial charge in [-0.3, -0.25) is 4.68 Å². The highest BCUT2D eigenvalue weighted by molar-refractivity contribution is 6.05. The van der Waals surface area contributed by atoms with Crippen LogP contribution in [0, 0.1) is 6.92 Å². The topological polar surface area (TPSA) is 72.5 Å². The molecule has 6 aromatic rings. The lowest BCUT2D eigenvalue weighted by Crippen LogP contribution is -2.26. The van der Waals surface area contributed by atoms with Crippen molar-refractivity contribution in [1.29, 1.82) is 0 Å². The molecule has 2 aromatic heterocycles. The van der Waals surface area contributed by atoms with E-state index in [1.165, 1.54) is 5.56 Å². The van der Waals surface area contributed by atoms with Gasteiger partial charge in [0.05, 0.1) is 17.8 Å². The van der Waals surface area contributed by atoms with Crippen LogP contribution in [0.4, 0.5) is 5.82 Å². The van der Waals surface area contributed by atoms with Gasteiger partial charge in [0.2, 0.25) is 0 Å². The summed E-state index contributed by atoms with van der Waals surface area (Å²) in [5.41, 5.74) is 6.30. The number of anilines is 1. The third-order valence-electron chi connectivity index (χ3n) is 8.73. The molecule has 1 aliphatic rings. The molecule has 4 aromatic carbocycles. The molecule has 0 atom stereocenters. The molecule has 0 saturated carbocycles. The first-order valence-electron chi connectivity index (χ1n) is 15.5. The Kier molecular flexibility index (Phi) is 7.59. The number of carbonyl (C=O) groups is 1. The van der Waals surface area contributed by atoms with Crippen molar-refractivity contribution in [3.8, 4) is 16.9 Å². The summed E-state index contributed by atoms with van der Waals surface area (Å²) in [6, 6.07) is 30.9. The Hall–Kier alpha value is -5.30. The van der Waals surface area contributed by atoms with Gasteiger partial charge in [0, 0.05) is 48.6 Å². The van der Waals surface area contributed by atoms with Crippen molar-refractivity contribution >= 4 is 33.5 Å². The first kappa shape index (κ1) is 28.5. The third-order valence-corrected chi connectivity index (χ3v) is 8.73. The van der Waals surface area contributed by atoms with Gasteiger partial charge in [-0.25, -0.2) is 4.79 Å². The van der Waals surface area contributed by atoms with Gasteiger partial charge in [0.15, 0.2) is 0 Å². The van der Waals surface area contributed by atoms with Crippen molar-refractivity contribution in [2.24, 2.45) is 7.05 Å². The predicted molar refractivity (Wildman–Crippen MR) is 180 cm³/mol. The van der Waals surface area contributed by atoms with Gasteiger partial charge in [-0.05, 0) is 42.3 Å². The van der Waals surface area contributed by atoms with E-state index < -0.39 is 5.97 Å². The molecule has 7 nitrogen and oxygen atoms in total. The number of hydrogen-bond acceptors (Lipinski definition) is 4. The van der Waals surface area contributed by atoms with E-state index in [0.29, 0.717) is 38.2 Å². The van der Waals surface area contributed by atoms with Crippen molar-refractivity contribution in [1.82, 2.24) is 14.3 Å². The number of nitrogens with zero attached hydrogens (tertiary/aromatic N) is 4. The van der Waals surface area contributed by atoms with Crippen LogP contribution in [0.5, 0.6) is 5.75 Å². The number of hydrogen-bond donors (Lipinski definition) is 1.